The fourth-order valence-electron chi connectivity index (χ4n) is 1.21. The molecular formula is C8H12O2. The zero-order valence-corrected chi connectivity index (χ0v) is 6.44. The van der Waals surface area contributed by atoms with Gasteiger partial charge in [0.1, 0.15) is 0 Å². The van der Waals surface area contributed by atoms with Crippen molar-refractivity contribution in [3.05, 3.63) is 0 Å². The molecule has 0 aromatic carbocycles. The molecule has 0 unspecified atom stereocenters. The first-order valence-corrected chi connectivity index (χ1v) is 3.57. The minimum atomic E-state index is -0.184. The zero-order chi connectivity index (χ0) is 7.78. The van der Waals surface area contributed by atoms with Gasteiger partial charge < -0.3 is 0 Å². The quantitative estimate of drug-likeness (QED) is 0.476. The van der Waals surface area contributed by atoms with Gasteiger partial charge in [-0.1, -0.05) is 13.8 Å². The molecule has 1 saturated carbocycles. The molecule has 0 aliphatic heterocycles. The molecule has 10 heavy (non-hydrogen) atoms. The molecule has 2 nitrogen and oxygen atoms in total. The van der Waals surface area contributed by atoms with Gasteiger partial charge in [0, 0.05) is 12.8 Å². The van der Waals surface area contributed by atoms with E-state index in [1.807, 2.05) is 13.8 Å². The van der Waals surface area contributed by atoms with Crippen LogP contribution in [0.15, 0.2) is 0 Å². The number of hydrogen-bond acceptors (Lipinski definition) is 2. The van der Waals surface area contributed by atoms with E-state index < -0.39 is 0 Å². The Balaban J connectivity index is 2.66. The monoisotopic (exact) mass is 140 g/mol. The first-order chi connectivity index (χ1) is 4.51. The van der Waals surface area contributed by atoms with Crippen LogP contribution in [-0.4, -0.2) is 11.6 Å². The highest BCUT2D eigenvalue weighted by atomic mass is 16.2. The highest BCUT2D eigenvalue weighted by Gasteiger charge is 2.31. The molecule has 0 saturated heterocycles. The van der Waals surface area contributed by atoms with Gasteiger partial charge in [-0.25, -0.2) is 0 Å². The largest absolute Gasteiger partial charge is 0.291 e. The number of rotatable bonds is 0. The Kier molecular flexibility index (Phi) is 1.63. The highest BCUT2D eigenvalue weighted by molar-refractivity contribution is 6.37. The fraction of sp³-hybridized carbons (Fsp3) is 0.750. The summed E-state index contributed by atoms with van der Waals surface area (Å²) in [7, 11) is 0. The molecule has 1 aliphatic carbocycles. The summed E-state index contributed by atoms with van der Waals surface area (Å²) in [6.07, 6.45) is 1.75. The summed E-state index contributed by atoms with van der Waals surface area (Å²) in [6.45, 7) is 4.05. The summed E-state index contributed by atoms with van der Waals surface area (Å²) in [4.78, 5) is 21.6. The normalized spacial score (nSPS) is 25.0. The average Bonchev–Trinajstić information content (AvgIpc) is 1.79. The minimum absolute atomic E-state index is 0.0605. The Morgan fingerprint density at radius 3 is 2.20 bits per heavy atom. The van der Waals surface area contributed by atoms with E-state index in [1.165, 1.54) is 0 Å². The van der Waals surface area contributed by atoms with Gasteiger partial charge in [-0.2, -0.15) is 0 Å². The molecule has 1 fully saturated rings. The second-order valence-corrected chi connectivity index (χ2v) is 3.69. The van der Waals surface area contributed by atoms with Crippen LogP contribution in [-0.2, 0) is 9.59 Å². The molecule has 56 valence electrons. The lowest BCUT2D eigenvalue weighted by Gasteiger charge is -2.26. The molecule has 2 heteroatoms. The molecule has 0 amide bonds. The number of carbonyl (C=O) groups is 2. The topological polar surface area (TPSA) is 34.1 Å². The maximum absolute atomic E-state index is 10.9. The van der Waals surface area contributed by atoms with Crippen LogP contribution >= 0.6 is 0 Å². The summed E-state index contributed by atoms with van der Waals surface area (Å²) < 4.78 is 0. The zero-order valence-electron chi connectivity index (χ0n) is 6.44. The third-order valence-electron chi connectivity index (χ3n) is 1.98. The maximum atomic E-state index is 10.9. The third kappa shape index (κ3) is 1.43. The van der Waals surface area contributed by atoms with E-state index in [-0.39, 0.29) is 17.0 Å². The predicted molar refractivity (Wildman–Crippen MR) is 37.6 cm³/mol. The Labute approximate surface area is 60.6 Å². The second kappa shape index (κ2) is 2.19. The molecule has 0 radical (unpaired) electrons. The van der Waals surface area contributed by atoms with Crippen LogP contribution in [0.3, 0.4) is 0 Å². The van der Waals surface area contributed by atoms with E-state index in [1.54, 1.807) is 0 Å². The predicted octanol–water partition coefficient (Wildman–Crippen LogP) is 1.33. The molecule has 1 rings (SSSR count). The maximum Gasteiger partial charge on any atom is 0.198 e. The SMILES string of the molecule is CC1(C)CCC(=O)C(=O)C1. The standard InChI is InChI=1S/C8H12O2/c1-8(2)4-3-6(9)7(10)5-8/h3-5H2,1-2H3. The third-order valence-corrected chi connectivity index (χ3v) is 1.98. The second-order valence-electron chi connectivity index (χ2n) is 3.69. The lowest BCUT2D eigenvalue weighted by Crippen LogP contribution is -2.29. The van der Waals surface area contributed by atoms with Crippen molar-refractivity contribution in [3.63, 3.8) is 0 Å². The number of ketones is 2. The van der Waals surface area contributed by atoms with Crippen LogP contribution in [0.4, 0.5) is 0 Å². The lowest BCUT2D eigenvalue weighted by molar-refractivity contribution is -0.140. The summed E-state index contributed by atoms with van der Waals surface area (Å²) in [6, 6.07) is 0. The van der Waals surface area contributed by atoms with Gasteiger partial charge in [0.2, 0.25) is 0 Å². The van der Waals surface area contributed by atoms with Gasteiger partial charge in [-0.05, 0) is 11.8 Å². The molecule has 0 spiro atoms. The summed E-state index contributed by atoms with van der Waals surface area (Å²) in [5, 5.41) is 0. The van der Waals surface area contributed by atoms with Crippen LogP contribution in [0.25, 0.3) is 0 Å². The van der Waals surface area contributed by atoms with Crippen molar-refractivity contribution in [2.24, 2.45) is 5.41 Å². The Bertz CT molecular complexity index is 180. The Hall–Kier alpha value is -0.660. The Morgan fingerprint density at radius 1 is 1.20 bits per heavy atom. The van der Waals surface area contributed by atoms with Crippen molar-refractivity contribution in [1.82, 2.24) is 0 Å². The van der Waals surface area contributed by atoms with Crippen molar-refractivity contribution in [1.29, 1.82) is 0 Å². The van der Waals surface area contributed by atoms with E-state index in [0.717, 1.165) is 6.42 Å². The van der Waals surface area contributed by atoms with Crippen LogP contribution < -0.4 is 0 Å². The molecular weight excluding hydrogens is 128 g/mol. The summed E-state index contributed by atoms with van der Waals surface area (Å²) >= 11 is 0. The van der Waals surface area contributed by atoms with Gasteiger partial charge in [-0.15, -0.1) is 0 Å². The number of carbonyl (C=O) groups excluding carboxylic acids is 2. The molecule has 0 N–H and O–H groups in total. The smallest absolute Gasteiger partial charge is 0.198 e. The Morgan fingerprint density at radius 2 is 1.80 bits per heavy atom. The molecule has 1 aliphatic rings. The molecule has 0 heterocycles. The van der Waals surface area contributed by atoms with E-state index in [0.29, 0.717) is 12.8 Å². The molecule has 0 atom stereocenters. The summed E-state index contributed by atoms with van der Waals surface area (Å²) in [5.41, 5.74) is 0.0605. The minimum Gasteiger partial charge on any atom is -0.291 e. The first kappa shape index (κ1) is 7.45. The van der Waals surface area contributed by atoms with E-state index in [9.17, 15) is 9.59 Å². The van der Waals surface area contributed by atoms with Crippen LogP contribution in [0, 0.1) is 5.41 Å². The first-order valence-electron chi connectivity index (χ1n) is 3.57. The van der Waals surface area contributed by atoms with Crippen LogP contribution in [0.1, 0.15) is 33.1 Å². The fourth-order valence-corrected chi connectivity index (χ4v) is 1.21. The molecule has 0 aromatic rings. The average molecular weight is 140 g/mol. The molecule has 0 aromatic heterocycles. The van der Waals surface area contributed by atoms with Crippen molar-refractivity contribution >= 4 is 11.6 Å². The van der Waals surface area contributed by atoms with Gasteiger partial charge in [0.05, 0.1) is 0 Å². The highest BCUT2D eigenvalue weighted by Crippen LogP contribution is 2.31. The van der Waals surface area contributed by atoms with Crippen molar-refractivity contribution < 1.29 is 9.59 Å². The van der Waals surface area contributed by atoms with Crippen molar-refractivity contribution in [2.45, 2.75) is 33.1 Å². The van der Waals surface area contributed by atoms with E-state index in [4.69, 9.17) is 0 Å². The van der Waals surface area contributed by atoms with Crippen molar-refractivity contribution in [3.8, 4) is 0 Å². The van der Waals surface area contributed by atoms with Gasteiger partial charge in [0.25, 0.3) is 0 Å². The van der Waals surface area contributed by atoms with Crippen LogP contribution in [0.2, 0.25) is 0 Å². The summed E-state index contributed by atoms with van der Waals surface area (Å²) in [5.74, 6) is -0.365. The van der Waals surface area contributed by atoms with E-state index in [2.05, 4.69) is 0 Å². The lowest BCUT2D eigenvalue weighted by atomic mass is 9.76. The number of hydrogen-bond donors (Lipinski definition) is 0. The van der Waals surface area contributed by atoms with Gasteiger partial charge >= 0.3 is 0 Å². The van der Waals surface area contributed by atoms with Crippen LogP contribution in [0.5, 0.6) is 0 Å². The number of Topliss-reactive ketones (excluding diaryl/α,β-unsaturated/α-hetero) is 2. The molecule has 0 bridgehead atoms. The van der Waals surface area contributed by atoms with Gasteiger partial charge in [-0.3, -0.25) is 9.59 Å². The van der Waals surface area contributed by atoms with E-state index >= 15 is 0 Å². The van der Waals surface area contributed by atoms with Crippen molar-refractivity contribution in [2.75, 3.05) is 0 Å². The van der Waals surface area contributed by atoms with Gasteiger partial charge in [0.15, 0.2) is 11.6 Å².